The Bertz CT molecular complexity index is 281. The molecule has 0 spiro atoms. The van der Waals surface area contributed by atoms with Crippen molar-refractivity contribution in [1.29, 1.82) is 5.41 Å². The summed E-state index contributed by atoms with van der Waals surface area (Å²) in [5, 5.41) is 10.9. The van der Waals surface area contributed by atoms with Crippen molar-refractivity contribution in [3.8, 4) is 0 Å². The van der Waals surface area contributed by atoms with Gasteiger partial charge in [-0.25, -0.2) is 0 Å². The van der Waals surface area contributed by atoms with Gasteiger partial charge >= 0.3 is 0 Å². The molecule has 0 aliphatic heterocycles. The van der Waals surface area contributed by atoms with E-state index in [2.05, 4.69) is 32.9 Å². The first-order valence-electron chi connectivity index (χ1n) is 9.45. The zero-order valence-electron chi connectivity index (χ0n) is 15.3. The maximum Gasteiger partial charge on any atom is 0.0948 e. The molecule has 4 unspecified atom stereocenters. The van der Waals surface area contributed by atoms with Crippen LogP contribution in [0.3, 0.4) is 0 Å². The van der Waals surface area contributed by atoms with Crippen LogP contribution in [0.5, 0.6) is 0 Å². The third kappa shape index (κ3) is 9.32. The van der Waals surface area contributed by atoms with Crippen molar-refractivity contribution in [2.75, 3.05) is 0 Å². The number of nitrogens with zero attached hydrogens (tertiary/aromatic N) is 1. The fraction of sp³-hybridized carbons (Fsp3) is 0.947. The van der Waals surface area contributed by atoms with Crippen LogP contribution in [0.25, 0.3) is 0 Å². The second-order valence-electron chi connectivity index (χ2n) is 6.97. The van der Waals surface area contributed by atoms with Crippen LogP contribution in [0.4, 0.5) is 0 Å². The van der Waals surface area contributed by atoms with E-state index in [-0.39, 0.29) is 6.04 Å². The van der Waals surface area contributed by atoms with Crippen molar-refractivity contribution in [3.05, 3.63) is 4.91 Å². The van der Waals surface area contributed by atoms with Gasteiger partial charge in [-0.2, -0.15) is 4.91 Å². The first kappa shape index (κ1) is 21.3. The minimum absolute atomic E-state index is 0.0575. The Balaban J connectivity index is 4.33. The van der Waals surface area contributed by atoms with Crippen LogP contribution in [-0.2, 0) is 0 Å². The number of nitrogens with one attached hydrogen (secondary N) is 1. The molecule has 0 aliphatic carbocycles. The maximum atomic E-state index is 11.3. The maximum absolute atomic E-state index is 11.3. The molecule has 1 N–H and O–H groups in total. The van der Waals surface area contributed by atoms with Crippen LogP contribution in [0.1, 0.15) is 91.9 Å². The first-order valence-corrected chi connectivity index (χ1v) is 9.45. The molecule has 3 nitrogen and oxygen atoms in total. The van der Waals surface area contributed by atoms with E-state index >= 15 is 0 Å². The van der Waals surface area contributed by atoms with Gasteiger partial charge in [0.25, 0.3) is 0 Å². The van der Waals surface area contributed by atoms with E-state index in [4.69, 9.17) is 5.41 Å². The fourth-order valence-electron chi connectivity index (χ4n) is 3.41. The molecule has 3 heteroatoms. The number of hydrogen-bond acceptors (Lipinski definition) is 3. The molecule has 0 bridgehead atoms. The molecule has 0 aromatic carbocycles. The number of nitroso groups, excluding NO2 is 1. The zero-order valence-corrected chi connectivity index (χ0v) is 15.3. The quantitative estimate of drug-likeness (QED) is 0.207. The highest BCUT2D eigenvalue weighted by atomic mass is 16.3. The summed E-state index contributed by atoms with van der Waals surface area (Å²) in [6.07, 6.45) is 12.8. The lowest BCUT2D eigenvalue weighted by atomic mass is 9.83. The second kappa shape index (κ2) is 13.9. The summed E-state index contributed by atoms with van der Waals surface area (Å²) in [6.45, 7) is 8.89. The molecule has 0 saturated carbocycles. The Morgan fingerprint density at radius 2 is 1.73 bits per heavy atom. The zero-order chi connectivity index (χ0) is 16.8. The van der Waals surface area contributed by atoms with Crippen LogP contribution in [-0.4, -0.2) is 12.3 Å². The highest BCUT2D eigenvalue weighted by Crippen LogP contribution is 2.28. The molecule has 0 heterocycles. The van der Waals surface area contributed by atoms with Crippen LogP contribution in [0.15, 0.2) is 5.18 Å². The normalized spacial score (nSPS) is 16.7. The third-order valence-electron chi connectivity index (χ3n) is 4.94. The Hall–Kier alpha value is -0.730. The molecule has 0 radical (unpaired) electrons. The molecule has 0 aromatic heterocycles. The van der Waals surface area contributed by atoms with Crippen LogP contribution in [0, 0.1) is 28.1 Å². The van der Waals surface area contributed by atoms with Crippen molar-refractivity contribution < 1.29 is 0 Å². The summed E-state index contributed by atoms with van der Waals surface area (Å²) < 4.78 is 0. The Morgan fingerprint density at radius 3 is 2.23 bits per heavy atom. The van der Waals surface area contributed by atoms with E-state index in [1.807, 2.05) is 0 Å². The second-order valence-corrected chi connectivity index (χ2v) is 6.97. The van der Waals surface area contributed by atoms with Crippen LogP contribution >= 0.6 is 0 Å². The first-order chi connectivity index (χ1) is 10.6. The SMILES string of the molecule is CCCCCC(C)CC(CC)C(CCC(C=N)CCC)N=O. The molecule has 0 amide bonds. The monoisotopic (exact) mass is 310 g/mol. The van der Waals surface area contributed by atoms with Gasteiger partial charge in [-0.15, -0.1) is 0 Å². The van der Waals surface area contributed by atoms with Gasteiger partial charge in [0.05, 0.1) is 6.04 Å². The predicted molar refractivity (Wildman–Crippen MR) is 97.7 cm³/mol. The average Bonchev–Trinajstić information content (AvgIpc) is 2.53. The molecule has 0 rings (SSSR count). The van der Waals surface area contributed by atoms with Crippen molar-refractivity contribution in [3.63, 3.8) is 0 Å². The van der Waals surface area contributed by atoms with E-state index in [1.165, 1.54) is 25.7 Å². The summed E-state index contributed by atoms with van der Waals surface area (Å²) in [7, 11) is 0. The molecule has 0 aliphatic rings. The van der Waals surface area contributed by atoms with Gasteiger partial charge in [-0.1, -0.05) is 71.4 Å². The summed E-state index contributed by atoms with van der Waals surface area (Å²) in [4.78, 5) is 11.3. The number of unbranched alkanes of at least 4 members (excludes halogenated alkanes) is 2. The summed E-state index contributed by atoms with van der Waals surface area (Å²) in [5.41, 5.74) is 0. The topological polar surface area (TPSA) is 53.3 Å². The van der Waals surface area contributed by atoms with Crippen LogP contribution in [0.2, 0.25) is 0 Å². The lowest BCUT2D eigenvalue weighted by Crippen LogP contribution is -2.21. The van der Waals surface area contributed by atoms with Gasteiger partial charge in [0.15, 0.2) is 0 Å². The van der Waals surface area contributed by atoms with Crippen LogP contribution < -0.4 is 0 Å². The third-order valence-corrected chi connectivity index (χ3v) is 4.94. The lowest BCUT2D eigenvalue weighted by Gasteiger charge is -2.24. The van der Waals surface area contributed by atoms with Gasteiger partial charge in [-0.05, 0) is 49.7 Å². The Labute approximate surface area is 138 Å². The number of rotatable bonds is 15. The highest BCUT2D eigenvalue weighted by Gasteiger charge is 2.23. The summed E-state index contributed by atoms with van der Waals surface area (Å²) in [5.74, 6) is 1.44. The average molecular weight is 311 g/mol. The molecular formula is C19H38N2O. The predicted octanol–water partition coefficient (Wildman–Crippen LogP) is 6.60. The summed E-state index contributed by atoms with van der Waals surface area (Å²) >= 11 is 0. The molecule has 130 valence electrons. The van der Waals surface area contributed by atoms with Crippen molar-refractivity contribution in [2.24, 2.45) is 22.9 Å². The molecule has 22 heavy (non-hydrogen) atoms. The Kier molecular flexibility index (Phi) is 13.4. The minimum Gasteiger partial charge on any atom is -0.313 e. The van der Waals surface area contributed by atoms with E-state index in [0.29, 0.717) is 17.8 Å². The molecular weight excluding hydrogens is 272 g/mol. The molecule has 0 saturated heterocycles. The van der Waals surface area contributed by atoms with Crippen molar-refractivity contribution in [2.45, 2.75) is 97.9 Å². The fourth-order valence-corrected chi connectivity index (χ4v) is 3.41. The van der Waals surface area contributed by atoms with E-state index in [1.54, 1.807) is 6.21 Å². The Morgan fingerprint density at radius 1 is 1.00 bits per heavy atom. The van der Waals surface area contributed by atoms with Gasteiger partial charge < -0.3 is 5.41 Å². The lowest BCUT2D eigenvalue weighted by molar-refractivity contribution is 0.293. The number of hydrogen-bond donors (Lipinski definition) is 1. The summed E-state index contributed by atoms with van der Waals surface area (Å²) in [6, 6.07) is -0.0575. The smallest absolute Gasteiger partial charge is 0.0948 e. The van der Waals surface area contributed by atoms with E-state index < -0.39 is 0 Å². The van der Waals surface area contributed by atoms with Crippen molar-refractivity contribution in [1.82, 2.24) is 0 Å². The van der Waals surface area contributed by atoms with E-state index in [0.717, 1.165) is 38.5 Å². The van der Waals surface area contributed by atoms with Gasteiger partial charge in [-0.3, -0.25) is 0 Å². The van der Waals surface area contributed by atoms with Gasteiger partial charge in [0, 0.05) is 0 Å². The largest absolute Gasteiger partial charge is 0.313 e. The molecule has 0 aromatic rings. The standard InChI is InChI=1S/C19H38N2O/c1-5-8-9-11-16(4)14-18(7-3)19(21-22)13-12-17(15-20)10-6-2/h15-20H,5-14H2,1-4H3. The highest BCUT2D eigenvalue weighted by molar-refractivity contribution is 5.56. The molecule has 0 fully saturated rings. The van der Waals surface area contributed by atoms with E-state index in [9.17, 15) is 4.91 Å². The minimum atomic E-state index is -0.0575. The van der Waals surface area contributed by atoms with Gasteiger partial charge in [0.2, 0.25) is 0 Å². The molecule has 4 atom stereocenters. The van der Waals surface area contributed by atoms with Gasteiger partial charge in [0.1, 0.15) is 0 Å². The van der Waals surface area contributed by atoms with Crippen molar-refractivity contribution >= 4 is 6.21 Å².